The Morgan fingerprint density at radius 3 is 2.56 bits per heavy atom. The maximum absolute atomic E-state index is 4.53. The lowest BCUT2D eigenvalue weighted by Crippen LogP contribution is -2.46. The molecule has 0 atom stereocenters. The third-order valence-electron chi connectivity index (χ3n) is 3.30. The normalized spacial score (nSPS) is 16.9. The summed E-state index contributed by atoms with van der Waals surface area (Å²) in [7, 11) is 1.86. The van der Waals surface area contributed by atoms with Gasteiger partial charge in [-0.05, 0) is 19.9 Å². The van der Waals surface area contributed by atoms with Crippen molar-refractivity contribution in [3.05, 3.63) is 11.8 Å². The van der Waals surface area contributed by atoms with Gasteiger partial charge in [-0.15, -0.1) is 0 Å². The van der Waals surface area contributed by atoms with E-state index in [1.165, 1.54) is 13.0 Å². The third kappa shape index (κ3) is 3.10. The summed E-state index contributed by atoms with van der Waals surface area (Å²) in [5, 5.41) is 3.02. The average Bonchev–Trinajstić information content (AvgIpc) is 2.39. The molecule has 1 aliphatic rings. The predicted octanol–water partition coefficient (Wildman–Crippen LogP) is 1.36. The fourth-order valence-electron chi connectivity index (χ4n) is 2.34. The number of nitrogens with zero attached hydrogens (tertiary/aromatic N) is 4. The average molecular weight is 249 g/mol. The summed E-state index contributed by atoms with van der Waals surface area (Å²) in [4.78, 5) is 13.7. The summed E-state index contributed by atoms with van der Waals surface area (Å²) in [6, 6.07) is 2.07. The van der Waals surface area contributed by atoms with Gasteiger partial charge in [0.05, 0.1) is 0 Å². The van der Waals surface area contributed by atoms with E-state index in [1.54, 1.807) is 0 Å². The largest absolute Gasteiger partial charge is 0.357 e. The third-order valence-corrected chi connectivity index (χ3v) is 3.30. The fourth-order valence-corrected chi connectivity index (χ4v) is 2.34. The summed E-state index contributed by atoms with van der Waals surface area (Å²) < 4.78 is 0. The Labute approximate surface area is 109 Å². The lowest BCUT2D eigenvalue weighted by molar-refractivity contribution is 0.258. The molecule has 0 saturated carbocycles. The predicted molar refractivity (Wildman–Crippen MR) is 75.3 cm³/mol. The maximum atomic E-state index is 4.53. The summed E-state index contributed by atoms with van der Waals surface area (Å²) in [6.45, 7) is 9.83. The first-order valence-electron chi connectivity index (χ1n) is 6.73. The zero-order valence-electron chi connectivity index (χ0n) is 11.6. The minimum absolute atomic E-state index is 0.709. The van der Waals surface area contributed by atoms with Crippen LogP contribution in [0.4, 0.5) is 11.8 Å². The Hall–Kier alpha value is -1.36. The van der Waals surface area contributed by atoms with E-state index in [0.29, 0.717) is 5.95 Å². The van der Waals surface area contributed by atoms with Crippen molar-refractivity contribution in [3.63, 3.8) is 0 Å². The zero-order chi connectivity index (χ0) is 13.0. The highest BCUT2D eigenvalue weighted by molar-refractivity contribution is 5.45. The van der Waals surface area contributed by atoms with Crippen LogP contribution in [0, 0.1) is 6.92 Å². The molecule has 0 bridgehead atoms. The Morgan fingerprint density at radius 1 is 1.22 bits per heavy atom. The summed E-state index contributed by atoms with van der Waals surface area (Å²) in [5.41, 5.74) is 1.01. The molecular formula is C13H23N5. The van der Waals surface area contributed by atoms with Gasteiger partial charge in [0.1, 0.15) is 5.82 Å². The first-order valence-corrected chi connectivity index (χ1v) is 6.73. The van der Waals surface area contributed by atoms with Crippen LogP contribution in [0.5, 0.6) is 0 Å². The van der Waals surface area contributed by atoms with Crippen LogP contribution in [-0.4, -0.2) is 54.6 Å². The minimum atomic E-state index is 0.709. The molecule has 0 amide bonds. The summed E-state index contributed by atoms with van der Waals surface area (Å²) in [5.74, 6) is 1.75. The highest BCUT2D eigenvalue weighted by Gasteiger charge is 2.18. The van der Waals surface area contributed by atoms with Crippen LogP contribution >= 0.6 is 0 Å². The number of nitrogens with one attached hydrogen (secondary N) is 1. The second-order valence-electron chi connectivity index (χ2n) is 4.77. The molecule has 100 valence electrons. The van der Waals surface area contributed by atoms with Crippen LogP contribution in [-0.2, 0) is 0 Å². The smallest absolute Gasteiger partial charge is 0.224 e. The van der Waals surface area contributed by atoms with Gasteiger partial charge in [-0.3, -0.25) is 4.90 Å². The van der Waals surface area contributed by atoms with Gasteiger partial charge in [-0.1, -0.05) is 6.92 Å². The van der Waals surface area contributed by atoms with Gasteiger partial charge in [0, 0.05) is 45.0 Å². The van der Waals surface area contributed by atoms with Crippen molar-refractivity contribution >= 4 is 11.8 Å². The van der Waals surface area contributed by atoms with E-state index in [4.69, 9.17) is 0 Å². The topological polar surface area (TPSA) is 44.3 Å². The first-order chi connectivity index (χ1) is 8.72. The van der Waals surface area contributed by atoms with Crippen molar-refractivity contribution in [1.29, 1.82) is 0 Å². The van der Waals surface area contributed by atoms with Gasteiger partial charge >= 0.3 is 0 Å². The molecule has 18 heavy (non-hydrogen) atoms. The fraction of sp³-hybridized carbons (Fsp3) is 0.692. The molecule has 1 aromatic heterocycles. The van der Waals surface area contributed by atoms with Crippen molar-refractivity contribution in [2.75, 3.05) is 50.0 Å². The molecule has 0 spiro atoms. The monoisotopic (exact) mass is 249 g/mol. The van der Waals surface area contributed by atoms with Crippen LogP contribution in [0.3, 0.4) is 0 Å². The number of hydrogen-bond donors (Lipinski definition) is 1. The van der Waals surface area contributed by atoms with Crippen LogP contribution in [0.1, 0.15) is 19.0 Å². The minimum Gasteiger partial charge on any atom is -0.357 e. The standard InChI is InChI=1S/C13H23N5/c1-4-5-17-6-8-18(9-7-17)12-10-11(2)15-13(14-3)16-12/h10H,4-9H2,1-3H3,(H,14,15,16). The summed E-state index contributed by atoms with van der Waals surface area (Å²) in [6.07, 6.45) is 1.23. The van der Waals surface area contributed by atoms with Gasteiger partial charge < -0.3 is 10.2 Å². The van der Waals surface area contributed by atoms with Gasteiger partial charge in [0.2, 0.25) is 5.95 Å². The number of piperazine rings is 1. The molecule has 0 aromatic carbocycles. The lowest BCUT2D eigenvalue weighted by atomic mass is 10.3. The van der Waals surface area contributed by atoms with Crippen molar-refractivity contribution in [3.8, 4) is 0 Å². The number of aromatic nitrogens is 2. The number of aryl methyl sites for hydroxylation is 1. The van der Waals surface area contributed by atoms with Gasteiger partial charge in [0.15, 0.2) is 0 Å². The quantitative estimate of drug-likeness (QED) is 0.873. The van der Waals surface area contributed by atoms with Gasteiger partial charge in [-0.2, -0.15) is 4.98 Å². The van der Waals surface area contributed by atoms with Crippen LogP contribution in [0.15, 0.2) is 6.07 Å². The maximum Gasteiger partial charge on any atom is 0.224 e. The second kappa shape index (κ2) is 6.00. The SMILES string of the molecule is CCCN1CCN(c2cc(C)nc(NC)n2)CC1. The second-order valence-corrected chi connectivity index (χ2v) is 4.77. The van der Waals surface area contributed by atoms with E-state index in [9.17, 15) is 0 Å². The first kappa shape index (κ1) is 13.1. The molecule has 1 saturated heterocycles. The Kier molecular flexibility index (Phi) is 4.36. The van der Waals surface area contributed by atoms with E-state index in [2.05, 4.69) is 38.1 Å². The van der Waals surface area contributed by atoms with E-state index < -0.39 is 0 Å². The van der Waals surface area contributed by atoms with Crippen molar-refractivity contribution in [2.45, 2.75) is 20.3 Å². The van der Waals surface area contributed by atoms with Gasteiger partial charge in [-0.25, -0.2) is 4.98 Å². The molecule has 2 rings (SSSR count). The molecule has 1 aliphatic heterocycles. The molecule has 2 heterocycles. The van der Waals surface area contributed by atoms with Crippen molar-refractivity contribution < 1.29 is 0 Å². The van der Waals surface area contributed by atoms with Crippen LogP contribution in [0.2, 0.25) is 0 Å². The lowest BCUT2D eigenvalue weighted by Gasteiger charge is -2.35. The van der Waals surface area contributed by atoms with E-state index in [1.807, 2.05) is 14.0 Å². The number of anilines is 2. The summed E-state index contributed by atoms with van der Waals surface area (Å²) >= 11 is 0. The Bertz CT molecular complexity index is 385. The molecule has 5 heteroatoms. The molecule has 1 N–H and O–H groups in total. The zero-order valence-corrected chi connectivity index (χ0v) is 11.6. The number of rotatable bonds is 4. The Morgan fingerprint density at radius 2 is 1.94 bits per heavy atom. The van der Waals surface area contributed by atoms with Crippen molar-refractivity contribution in [1.82, 2.24) is 14.9 Å². The van der Waals surface area contributed by atoms with Crippen LogP contribution in [0.25, 0.3) is 0 Å². The highest BCUT2D eigenvalue weighted by atomic mass is 15.3. The molecule has 1 fully saturated rings. The highest BCUT2D eigenvalue weighted by Crippen LogP contribution is 2.16. The molecule has 0 unspecified atom stereocenters. The van der Waals surface area contributed by atoms with E-state index in [-0.39, 0.29) is 0 Å². The molecule has 5 nitrogen and oxygen atoms in total. The molecule has 0 aliphatic carbocycles. The van der Waals surface area contributed by atoms with E-state index in [0.717, 1.165) is 37.7 Å². The molecule has 0 radical (unpaired) electrons. The number of hydrogen-bond acceptors (Lipinski definition) is 5. The molecular weight excluding hydrogens is 226 g/mol. The van der Waals surface area contributed by atoms with Crippen molar-refractivity contribution in [2.24, 2.45) is 0 Å². The van der Waals surface area contributed by atoms with E-state index >= 15 is 0 Å². The van der Waals surface area contributed by atoms with Gasteiger partial charge in [0.25, 0.3) is 0 Å². The van der Waals surface area contributed by atoms with Crippen LogP contribution < -0.4 is 10.2 Å². The Balaban J connectivity index is 2.02. The molecule has 1 aromatic rings.